The van der Waals surface area contributed by atoms with Crippen molar-refractivity contribution in [1.29, 1.82) is 0 Å². The maximum Gasteiger partial charge on any atom is 0.150 e. The maximum atomic E-state index is 10.7. The summed E-state index contributed by atoms with van der Waals surface area (Å²) in [5.41, 5.74) is 3.64. The van der Waals surface area contributed by atoms with Crippen LogP contribution in [-0.4, -0.2) is 11.8 Å². The van der Waals surface area contributed by atoms with E-state index in [-0.39, 0.29) is 5.54 Å². The van der Waals surface area contributed by atoms with Gasteiger partial charge in [0.05, 0.1) is 0 Å². The fraction of sp³-hybridized carbons (Fsp3) is 0.278. The van der Waals surface area contributed by atoms with E-state index in [1.165, 1.54) is 24.0 Å². The number of hydrogen-bond acceptors (Lipinski definition) is 2. The third-order valence-electron chi connectivity index (χ3n) is 4.02. The Kier molecular flexibility index (Phi) is 3.66. The summed E-state index contributed by atoms with van der Waals surface area (Å²) in [5, 5.41) is 3.69. The molecule has 1 fully saturated rings. The standard InChI is InChI=1S/C18H19NO/c20-14-17-8-6-15(7-9-17)12-18(10-11-18)19-13-16-4-2-1-3-5-16/h1-9,14,19H,10-13H2. The van der Waals surface area contributed by atoms with Gasteiger partial charge in [0.25, 0.3) is 0 Å². The Labute approximate surface area is 119 Å². The van der Waals surface area contributed by atoms with Crippen LogP contribution in [0.15, 0.2) is 54.6 Å². The number of benzene rings is 2. The molecule has 1 aliphatic rings. The predicted octanol–water partition coefficient (Wildman–Crippen LogP) is 3.36. The summed E-state index contributed by atoms with van der Waals surface area (Å²) in [5.74, 6) is 0. The van der Waals surface area contributed by atoms with E-state index in [2.05, 4.69) is 41.7 Å². The molecule has 0 radical (unpaired) electrons. The molecule has 0 unspecified atom stereocenters. The number of rotatable bonds is 6. The minimum Gasteiger partial charge on any atom is -0.307 e. The zero-order chi connectivity index (χ0) is 13.8. The van der Waals surface area contributed by atoms with Crippen molar-refractivity contribution in [2.45, 2.75) is 31.3 Å². The summed E-state index contributed by atoms with van der Waals surface area (Å²) in [6.07, 6.45) is 4.40. The number of carbonyl (C=O) groups is 1. The van der Waals surface area contributed by atoms with E-state index in [0.717, 1.165) is 24.8 Å². The molecule has 2 aromatic carbocycles. The van der Waals surface area contributed by atoms with Gasteiger partial charge in [-0.3, -0.25) is 4.79 Å². The summed E-state index contributed by atoms with van der Waals surface area (Å²) in [6.45, 7) is 0.924. The number of carbonyl (C=O) groups excluding carboxylic acids is 1. The minimum absolute atomic E-state index is 0.262. The summed E-state index contributed by atoms with van der Waals surface area (Å²) >= 11 is 0. The summed E-state index contributed by atoms with van der Waals surface area (Å²) < 4.78 is 0. The van der Waals surface area contributed by atoms with Gasteiger partial charge in [-0.25, -0.2) is 0 Å². The Morgan fingerprint density at radius 1 is 0.950 bits per heavy atom. The molecule has 0 spiro atoms. The molecule has 2 aromatic rings. The Bertz CT molecular complexity index is 570. The first-order valence-electron chi connectivity index (χ1n) is 7.13. The molecular weight excluding hydrogens is 246 g/mol. The van der Waals surface area contributed by atoms with Gasteiger partial charge in [-0.1, -0.05) is 54.6 Å². The van der Waals surface area contributed by atoms with Gasteiger partial charge in [0.15, 0.2) is 0 Å². The van der Waals surface area contributed by atoms with Crippen LogP contribution in [0, 0.1) is 0 Å². The lowest BCUT2D eigenvalue weighted by molar-refractivity contribution is 0.112. The second-order valence-electron chi connectivity index (χ2n) is 5.66. The molecule has 0 amide bonds. The van der Waals surface area contributed by atoms with Crippen molar-refractivity contribution in [3.63, 3.8) is 0 Å². The van der Waals surface area contributed by atoms with Gasteiger partial charge < -0.3 is 5.32 Å². The molecule has 2 heteroatoms. The van der Waals surface area contributed by atoms with Gasteiger partial charge in [-0.15, -0.1) is 0 Å². The molecule has 3 rings (SSSR count). The fourth-order valence-electron chi connectivity index (χ4n) is 2.56. The Morgan fingerprint density at radius 2 is 1.65 bits per heavy atom. The molecule has 0 bridgehead atoms. The van der Waals surface area contributed by atoms with Crippen molar-refractivity contribution >= 4 is 6.29 Å². The Morgan fingerprint density at radius 3 is 2.25 bits per heavy atom. The van der Waals surface area contributed by atoms with Gasteiger partial charge in [0.2, 0.25) is 0 Å². The van der Waals surface area contributed by atoms with E-state index >= 15 is 0 Å². The second-order valence-corrected chi connectivity index (χ2v) is 5.66. The van der Waals surface area contributed by atoms with Gasteiger partial charge in [0.1, 0.15) is 6.29 Å². The molecule has 0 aliphatic heterocycles. The van der Waals surface area contributed by atoms with Crippen molar-refractivity contribution in [1.82, 2.24) is 5.32 Å². The minimum atomic E-state index is 0.262. The molecule has 0 atom stereocenters. The summed E-state index contributed by atoms with van der Waals surface area (Å²) in [6, 6.07) is 18.4. The largest absolute Gasteiger partial charge is 0.307 e. The van der Waals surface area contributed by atoms with Gasteiger partial charge in [0, 0.05) is 17.6 Å². The lowest BCUT2D eigenvalue weighted by Crippen LogP contribution is -2.32. The number of hydrogen-bond donors (Lipinski definition) is 1. The third kappa shape index (κ3) is 3.14. The smallest absolute Gasteiger partial charge is 0.150 e. The quantitative estimate of drug-likeness (QED) is 0.811. The maximum absolute atomic E-state index is 10.7. The van der Waals surface area contributed by atoms with Crippen LogP contribution in [0.2, 0.25) is 0 Å². The van der Waals surface area contributed by atoms with Crippen LogP contribution in [-0.2, 0) is 13.0 Å². The van der Waals surface area contributed by atoms with Crippen molar-refractivity contribution in [2.24, 2.45) is 0 Å². The average Bonchev–Trinajstić information content (AvgIpc) is 3.27. The summed E-state index contributed by atoms with van der Waals surface area (Å²) in [7, 11) is 0. The van der Waals surface area contributed by atoms with E-state index in [1.807, 2.05) is 18.2 Å². The highest BCUT2D eigenvalue weighted by Gasteiger charge is 2.41. The molecule has 20 heavy (non-hydrogen) atoms. The predicted molar refractivity (Wildman–Crippen MR) is 80.8 cm³/mol. The Balaban J connectivity index is 1.60. The zero-order valence-corrected chi connectivity index (χ0v) is 11.5. The average molecular weight is 265 g/mol. The second kappa shape index (κ2) is 5.59. The first kappa shape index (κ1) is 13.1. The molecule has 1 saturated carbocycles. The first-order chi connectivity index (χ1) is 9.80. The molecule has 1 N–H and O–H groups in total. The highest BCUT2D eigenvalue weighted by Crippen LogP contribution is 2.38. The monoisotopic (exact) mass is 265 g/mol. The van der Waals surface area contributed by atoms with Crippen LogP contribution < -0.4 is 5.32 Å². The van der Waals surface area contributed by atoms with Crippen molar-refractivity contribution in [2.75, 3.05) is 0 Å². The van der Waals surface area contributed by atoms with E-state index in [1.54, 1.807) is 0 Å². The summed E-state index contributed by atoms with van der Waals surface area (Å²) in [4.78, 5) is 10.7. The Hall–Kier alpha value is -1.93. The van der Waals surface area contributed by atoms with Crippen LogP contribution in [0.4, 0.5) is 0 Å². The van der Waals surface area contributed by atoms with Crippen LogP contribution in [0.3, 0.4) is 0 Å². The van der Waals surface area contributed by atoms with Gasteiger partial charge in [-0.05, 0) is 30.4 Å². The van der Waals surface area contributed by atoms with Crippen LogP contribution in [0.25, 0.3) is 0 Å². The molecule has 1 aliphatic carbocycles. The third-order valence-corrected chi connectivity index (χ3v) is 4.02. The van der Waals surface area contributed by atoms with E-state index < -0.39 is 0 Å². The van der Waals surface area contributed by atoms with E-state index in [4.69, 9.17) is 0 Å². The van der Waals surface area contributed by atoms with Crippen molar-refractivity contribution in [3.05, 3.63) is 71.3 Å². The first-order valence-corrected chi connectivity index (χ1v) is 7.13. The zero-order valence-electron chi connectivity index (χ0n) is 11.5. The van der Waals surface area contributed by atoms with Crippen molar-refractivity contribution in [3.8, 4) is 0 Å². The lowest BCUT2D eigenvalue weighted by Gasteiger charge is -2.17. The normalized spacial score (nSPS) is 15.8. The molecule has 2 nitrogen and oxygen atoms in total. The number of nitrogens with one attached hydrogen (secondary N) is 1. The highest BCUT2D eigenvalue weighted by molar-refractivity contribution is 5.74. The molecular formula is C18H19NO. The van der Waals surface area contributed by atoms with Crippen LogP contribution in [0.5, 0.6) is 0 Å². The van der Waals surface area contributed by atoms with Gasteiger partial charge in [-0.2, -0.15) is 0 Å². The highest BCUT2D eigenvalue weighted by atomic mass is 16.1. The van der Waals surface area contributed by atoms with Crippen LogP contribution in [0.1, 0.15) is 34.3 Å². The van der Waals surface area contributed by atoms with Crippen molar-refractivity contribution < 1.29 is 4.79 Å². The van der Waals surface area contributed by atoms with E-state index in [9.17, 15) is 4.79 Å². The molecule has 102 valence electrons. The van der Waals surface area contributed by atoms with E-state index in [0.29, 0.717) is 0 Å². The lowest BCUT2D eigenvalue weighted by atomic mass is 10.0. The molecule has 0 aromatic heterocycles. The SMILES string of the molecule is O=Cc1ccc(CC2(NCc3ccccc3)CC2)cc1. The van der Waals surface area contributed by atoms with Crippen LogP contribution >= 0.6 is 0 Å². The topological polar surface area (TPSA) is 29.1 Å². The fourth-order valence-corrected chi connectivity index (χ4v) is 2.56. The van der Waals surface area contributed by atoms with Gasteiger partial charge >= 0.3 is 0 Å². The number of aldehydes is 1. The molecule has 0 saturated heterocycles. The molecule has 0 heterocycles.